The highest BCUT2D eigenvalue weighted by atomic mass is 32.2. The number of fused-ring (bicyclic) bond motifs is 3. The highest BCUT2D eigenvalue weighted by Crippen LogP contribution is 2.50. The SMILES string of the molecule is COc1ccc(C(NC(=O)C(CCSC)Nc2ccc3c(cc2=O)C(NC(C)=O)CCc2cc(OC)c(OC)c(OC)c2-3)C(C)C)cc1. The summed E-state index contributed by atoms with van der Waals surface area (Å²) in [6.07, 6.45) is 3.63. The molecule has 0 aromatic heterocycles. The van der Waals surface area contributed by atoms with Crippen molar-refractivity contribution in [3.8, 4) is 34.1 Å². The molecule has 3 atom stereocenters. The quantitative estimate of drug-likeness (QED) is 0.191. The van der Waals surface area contributed by atoms with E-state index in [2.05, 4.69) is 29.8 Å². The minimum atomic E-state index is -0.677. The van der Waals surface area contributed by atoms with Crippen molar-refractivity contribution in [2.45, 2.75) is 58.2 Å². The first-order valence-corrected chi connectivity index (χ1v) is 17.4. The Labute approximate surface area is 287 Å². The number of hydrogen-bond donors (Lipinski definition) is 3. The number of carbonyl (C=O) groups is 2. The number of thioether (sulfide) groups is 1. The third kappa shape index (κ3) is 8.18. The van der Waals surface area contributed by atoms with Crippen LogP contribution in [0.4, 0.5) is 5.69 Å². The zero-order valence-electron chi connectivity index (χ0n) is 29.0. The number of ether oxygens (including phenoxy) is 4. The van der Waals surface area contributed by atoms with E-state index in [9.17, 15) is 14.4 Å². The summed E-state index contributed by atoms with van der Waals surface area (Å²) in [5, 5.41) is 9.54. The standard InChI is InChI=1S/C37H47N3O7S/c1-21(2)34(23-9-12-25(44-4)13-10-23)40-37(43)30(17-18-48-8)39-29-16-14-26-27(20-31(29)42)28(38-22(3)41)15-11-24-19-32(45-5)35(46-6)36(47-7)33(24)26/h9-10,12-14,16,19-21,28,30,34H,11,15,17-18H2,1-8H3,(H,38,41)(H,39,42)(H,40,43). The van der Waals surface area contributed by atoms with Gasteiger partial charge in [0.1, 0.15) is 11.8 Å². The van der Waals surface area contributed by atoms with Crippen molar-refractivity contribution in [1.29, 1.82) is 0 Å². The molecule has 0 fully saturated rings. The maximum absolute atomic E-state index is 14.0. The van der Waals surface area contributed by atoms with Crippen LogP contribution in [0.15, 0.2) is 53.3 Å². The molecule has 11 heteroatoms. The lowest BCUT2D eigenvalue weighted by Crippen LogP contribution is -2.43. The van der Waals surface area contributed by atoms with Crippen LogP contribution >= 0.6 is 11.8 Å². The Balaban J connectivity index is 1.79. The van der Waals surface area contributed by atoms with Gasteiger partial charge in [-0.25, -0.2) is 0 Å². The van der Waals surface area contributed by atoms with Gasteiger partial charge < -0.3 is 34.9 Å². The van der Waals surface area contributed by atoms with Crippen LogP contribution in [0.5, 0.6) is 23.0 Å². The van der Waals surface area contributed by atoms with Gasteiger partial charge in [-0.2, -0.15) is 11.8 Å². The summed E-state index contributed by atoms with van der Waals surface area (Å²) in [4.78, 5) is 40.2. The van der Waals surface area contributed by atoms with E-state index in [0.29, 0.717) is 53.4 Å². The van der Waals surface area contributed by atoms with Crippen LogP contribution in [0.25, 0.3) is 11.1 Å². The Morgan fingerprint density at radius 2 is 1.65 bits per heavy atom. The fourth-order valence-corrected chi connectivity index (χ4v) is 6.69. The monoisotopic (exact) mass is 677 g/mol. The summed E-state index contributed by atoms with van der Waals surface area (Å²) in [6, 6.07) is 13.3. The topological polar surface area (TPSA) is 124 Å². The van der Waals surface area contributed by atoms with Gasteiger partial charge in [0.2, 0.25) is 23.0 Å². The number of benzene rings is 2. The predicted octanol–water partition coefficient (Wildman–Crippen LogP) is 5.92. The summed E-state index contributed by atoms with van der Waals surface area (Å²) in [5.41, 5.74) is 4.00. The predicted molar refractivity (Wildman–Crippen MR) is 192 cm³/mol. The first kappa shape index (κ1) is 36.5. The molecule has 0 spiro atoms. The molecule has 3 aromatic carbocycles. The number of nitrogens with one attached hydrogen (secondary N) is 3. The van der Waals surface area contributed by atoms with Gasteiger partial charge >= 0.3 is 0 Å². The molecule has 48 heavy (non-hydrogen) atoms. The van der Waals surface area contributed by atoms with Gasteiger partial charge in [0.05, 0.1) is 46.2 Å². The van der Waals surface area contributed by atoms with Crippen molar-refractivity contribution in [3.05, 3.63) is 75.4 Å². The summed E-state index contributed by atoms with van der Waals surface area (Å²) >= 11 is 1.63. The normalized spacial score (nSPS) is 14.8. The van der Waals surface area contributed by atoms with Gasteiger partial charge in [0.15, 0.2) is 11.5 Å². The van der Waals surface area contributed by atoms with Crippen molar-refractivity contribution >= 4 is 29.3 Å². The molecule has 258 valence electrons. The first-order valence-electron chi connectivity index (χ1n) is 16.0. The Hall–Kier alpha value is -4.38. The molecule has 3 aromatic rings. The van der Waals surface area contributed by atoms with E-state index in [1.807, 2.05) is 42.7 Å². The van der Waals surface area contributed by atoms with Crippen molar-refractivity contribution < 1.29 is 28.5 Å². The molecular formula is C37H47N3O7S. The average molecular weight is 678 g/mol. The minimum absolute atomic E-state index is 0.111. The molecular weight excluding hydrogens is 630 g/mol. The van der Waals surface area contributed by atoms with Gasteiger partial charge in [-0.3, -0.25) is 14.4 Å². The Kier molecular flexibility index (Phi) is 12.6. The third-order valence-electron chi connectivity index (χ3n) is 8.61. The van der Waals surface area contributed by atoms with E-state index < -0.39 is 12.1 Å². The fraction of sp³-hybridized carbons (Fsp3) is 0.432. The number of carbonyl (C=O) groups excluding carboxylic acids is 2. The van der Waals surface area contributed by atoms with E-state index in [1.165, 1.54) is 6.92 Å². The molecule has 0 bridgehead atoms. The number of amides is 2. The van der Waals surface area contributed by atoms with Crippen LogP contribution in [0.3, 0.4) is 0 Å². The lowest BCUT2D eigenvalue weighted by Gasteiger charge is -2.26. The van der Waals surface area contributed by atoms with Crippen molar-refractivity contribution in [2.75, 3.05) is 45.8 Å². The van der Waals surface area contributed by atoms with Crippen LogP contribution in [0.2, 0.25) is 0 Å². The Morgan fingerprint density at radius 1 is 0.938 bits per heavy atom. The average Bonchev–Trinajstić information content (AvgIpc) is 3.32. The number of anilines is 1. The van der Waals surface area contributed by atoms with E-state index >= 15 is 0 Å². The van der Waals surface area contributed by atoms with Gasteiger partial charge in [-0.05, 0) is 89.8 Å². The number of rotatable bonds is 14. The Bertz CT molecular complexity index is 1660. The van der Waals surface area contributed by atoms with E-state index in [4.69, 9.17) is 18.9 Å². The van der Waals surface area contributed by atoms with Crippen LogP contribution in [0, 0.1) is 5.92 Å². The molecule has 0 saturated heterocycles. The molecule has 1 aliphatic rings. The summed E-state index contributed by atoms with van der Waals surface area (Å²) in [6.45, 7) is 5.58. The van der Waals surface area contributed by atoms with Gasteiger partial charge in [-0.1, -0.05) is 32.0 Å². The molecule has 3 unspecified atom stereocenters. The van der Waals surface area contributed by atoms with E-state index in [-0.39, 0.29) is 34.9 Å². The largest absolute Gasteiger partial charge is 0.497 e. The summed E-state index contributed by atoms with van der Waals surface area (Å²) in [5.74, 6) is 2.58. The second-order valence-corrected chi connectivity index (χ2v) is 13.1. The van der Waals surface area contributed by atoms with Crippen LogP contribution in [0.1, 0.15) is 62.4 Å². The molecule has 10 nitrogen and oxygen atoms in total. The molecule has 0 radical (unpaired) electrons. The molecule has 0 saturated carbocycles. The van der Waals surface area contributed by atoms with Crippen molar-refractivity contribution in [2.24, 2.45) is 5.92 Å². The van der Waals surface area contributed by atoms with E-state index in [0.717, 1.165) is 22.4 Å². The third-order valence-corrected chi connectivity index (χ3v) is 9.26. The van der Waals surface area contributed by atoms with Gasteiger partial charge in [-0.15, -0.1) is 0 Å². The number of aryl methyl sites for hydroxylation is 1. The fourth-order valence-electron chi connectivity index (χ4n) is 6.22. The lowest BCUT2D eigenvalue weighted by atomic mass is 9.95. The van der Waals surface area contributed by atoms with Crippen LogP contribution < -0.4 is 40.3 Å². The summed E-state index contributed by atoms with van der Waals surface area (Å²) in [7, 11) is 6.30. The molecule has 3 N–H and O–H groups in total. The molecule has 0 heterocycles. The number of methoxy groups -OCH3 is 4. The first-order chi connectivity index (χ1) is 23.1. The maximum Gasteiger partial charge on any atom is 0.243 e. The van der Waals surface area contributed by atoms with E-state index in [1.54, 1.807) is 52.3 Å². The second kappa shape index (κ2) is 16.6. The Morgan fingerprint density at radius 3 is 2.23 bits per heavy atom. The minimum Gasteiger partial charge on any atom is -0.497 e. The molecule has 4 rings (SSSR count). The highest BCUT2D eigenvalue weighted by molar-refractivity contribution is 7.98. The van der Waals surface area contributed by atoms with Crippen LogP contribution in [-0.2, 0) is 16.0 Å². The lowest BCUT2D eigenvalue weighted by molar-refractivity contribution is -0.123. The smallest absolute Gasteiger partial charge is 0.243 e. The molecule has 1 aliphatic carbocycles. The summed E-state index contributed by atoms with van der Waals surface area (Å²) < 4.78 is 22.5. The highest BCUT2D eigenvalue weighted by Gasteiger charge is 2.30. The van der Waals surface area contributed by atoms with Crippen molar-refractivity contribution in [3.63, 3.8) is 0 Å². The second-order valence-electron chi connectivity index (χ2n) is 12.1. The van der Waals surface area contributed by atoms with Crippen LogP contribution in [-0.4, -0.2) is 58.3 Å². The molecule has 2 amide bonds. The number of hydrogen-bond acceptors (Lipinski definition) is 9. The maximum atomic E-state index is 14.0. The zero-order chi connectivity index (χ0) is 35.0. The zero-order valence-corrected chi connectivity index (χ0v) is 29.8. The van der Waals surface area contributed by atoms with Gasteiger partial charge in [0.25, 0.3) is 0 Å². The van der Waals surface area contributed by atoms with Gasteiger partial charge in [0, 0.05) is 12.5 Å². The van der Waals surface area contributed by atoms with Crippen molar-refractivity contribution in [1.82, 2.24) is 10.6 Å². The molecule has 0 aliphatic heterocycles.